The topological polar surface area (TPSA) is 38.3 Å². The Kier molecular flexibility index (Phi) is 7.76. The average Bonchev–Trinajstić information content (AvgIpc) is 2.56. The summed E-state index contributed by atoms with van der Waals surface area (Å²) in [6, 6.07) is 14.7. The second kappa shape index (κ2) is 9.82. The van der Waals surface area contributed by atoms with Crippen molar-refractivity contribution in [1.82, 2.24) is 5.32 Å². The van der Waals surface area contributed by atoms with Gasteiger partial charge in [-0.15, -0.1) is 0 Å². The maximum atomic E-state index is 12.0. The third kappa shape index (κ3) is 6.63. The minimum atomic E-state index is -0.552. The molecule has 2 aromatic carbocycles. The summed E-state index contributed by atoms with van der Waals surface area (Å²) >= 11 is 13.5. The molecule has 1 N–H and O–H groups in total. The van der Waals surface area contributed by atoms with Crippen LogP contribution < -0.4 is 10.1 Å². The molecule has 1 unspecified atom stereocenters. The minimum absolute atomic E-state index is 0.131. The predicted octanol–water partition coefficient (Wildman–Crippen LogP) is 4.81. The monoisotopic (exact) mass is 383 g/mol. The van der Waals surface area contributed by atoms with Gasteiger partial charge in [-0.25, -0.2) is 0 Å². The van der Waals surface area contributed by atoms with E-state index in [0.717, 1.165) is 16.5 Å². The molecule has 0 bridgehead atoms. The van der Waals surface area contributed by atoms with E-state index in [9.17, 15) is 4.79 Å². The number of hydrogen-bond acceptors (Lipinski definition) is 3. The van der Waals surface area contributed by atoms with Crippen LogP contribution in [0.5, 0.6) is 5.75 Å². The van der Waals surface area contributed by atoms with Crippen molar-refractivity contribution < 1.29 is 9.53 Å². The van der Waals surface area contributed by atoms with Crippen molar-refractivity contribution >= 4 is 40.9 Å². The Labute approximate surface area is 156 Å². The lowest BCUT2D eigenvalue weighted by Crippen LogP contribution is -2.37. The van der Waals surface area contributed by atoms with Crippen molar-refractivity contribution in [3.05, 3.63) is 64.1 Å². The molecule has 3 nitrogen and oxygen atoms in total. The van der Waals surface area contributed by atoms with Crippen LogP contribution in [0.3, 0.4) is 0 Å². The fourth-order valence-electron chi connectivity index (χ4n) is 1.98. The van der Waals surface area contributed by atoms with Gasteiger partial charge in [0.1, 0.15) is 5.75 Å². The summed E-state index contributed by atoms with van der Waals surface area (Å²) in [4.78, 5) is 12.0. The zero-order valence-corrected chi connectivity index (χ0v) is 15.6. The van der Waals surface area contributed by atoms with Crippen LogP contribution in [0.15, 0.2) is 48.5 Å². The molecule has 0 fully saturated rings. The fourth-order valence-corrected chi connectivity index (χ4v) is 3.12. The summed E-state index contributed by atoms with van der Waals surface area (Å²) in [5.41, 5.74) is 1.18. The standard InChI is InChI=1S/C18H19Cl2NO2S/c1-13(23-17-7-5-15(19)6-8-17)18(22)21-9-10-24-12-14-3-2-4-16(20)11-14/h2-8,11,13H,9-10,12H2,1H3,(H,21,22). The SMILES string of the molecule is CC(Oc1ccc(Cl)cc1)C(=O)NCCSCc1cccc(Cl)c1. The van der Waals surface area contributed by atoms with Gasteiger partial charge in [0.15, 0.2) is 6.10 Å². The second-order valence-electron chi connectivity index (χ2n) is 5.19. The van der Waals surface area contributed by atoms with Crippen LogP contribution >= 0.6 is 35.0 Å². The van der Waals surface area contributed by atoms with Crippen molar-refractivity contribution in [1.29, 1.82) is 0 Å². The van der Waals surface area contributed by atoms with E-state index in [2.05, 4.69) is 5.32 Å². The molecular weight excluding hydrogens is 365 g/mol. The van der Waals surface area contributed by atoms with E-state index in [1.54, 1.807) is 43.0 Å². The number of amides is 1. The summed E-state index contributed by atoms with van der Waals surface area (Å²) in [7, 11) is 0. The predicted molar refractivity (Wildman–Crippen MR) is 102 cm³/mol. The first kappa shape index (κ1) is 19.0. The van der Waals surface area contributed by atoms with E-state index < -0.39 is 6.10 Å². The molecule has 2 rings (SSSR count). The summed E-state index contributed by atoms with van der Waals surface area (Å²) in [5, 5.41) is 4.26. The van der Waals surface area contributed by atoms with E-state index in [-0.39, 0.29) is 5.91 Å². The lowest BCUT2D eigenvalue weighted by molar-refractivity contribution is -0.127. The number of carbonyl (C=O) groups is 1. The van der Waals surface area contributed by atoms with Crippen molar-refractivity contribution in [2.75, 3.05) is 12.3 Å². The van der Waals surface area contributed by atoms with Gasteiger partial charge in [0.05, 0.1) is 0 Å². The molecule has 24 heavy (non-hydrogen) atoms. The molecule has 0 saturated carbocycles. The van der Waals surface area contributed by atoms with Crippen LogP contribution in [0.25, 0.3) is 0 Å². The van der Waals surface area contributed by atoms with E-state index in [4.69, 9.17) is 27.9 Å². The number of nitrogens with one attached hydrogen (secondary N) is 1. The Bertz CT molecular complexity index is 664. The normalized spacial score (nSPS) is 11.8. The quantitative estimate of drug-likeness (QED) is 0.664. The summed E-state index contributed by atoms with van der Waals surface area (Å²) in [6.07, 6.45) is -0.552. The number of thioether (sulfide) groups is 1. The highest BCUT2D eigenvalue weighted by Gasteiger charge is 2.13. The number of rotatable bonds is 8. The zero-order chi connectivity index (χ0) is 17.4. The molecule has 0 radical (unpaired) electrons. The first-order chi connectivity index (χ1) is 11.5. The molecule has 0 aromatic heterocycles. The third-order valence-electron chi connectivity index (χ3n) is 3.20. The van der Waals surface area contributed by atoms with Crippen molar-refractivity contribution in [3.8, 4) is 5.75 Å². The lowest BCUT2D eigenvalue weighted by atomic mass is 10.2. The lowest BCUT2D eigenvalue weighted by Gasteiger charge is -2.14. The van der Waals surface area contributed by atoms with Crippen LogP contribution in [0.4, 0.5) is 0 Å². The van der Waals surface area contributed by atoms with Gasteiger partial charge in [-0.05, 0) is 48.9 Å². The van der Waals surface area contributed by atoms with Crippen molar-refractivity contribution in [3.63, 3.8) is 0 Å². The van der Waals surface area contributed by atoms with Gasteiger partial charge >= 0.3 is 0 Å². The average molecular weight is 384 g/mol. The molecule has 2 aromatic rings. The van der Waals surface area contributed by atoms with E-state index in [0.29, 0.717) is 17.3 Å². The Morgan fingerprint density at radius 3 is 2.62 bits per heavy atom. The Morgan fingerprint density at radius 2 is 1.92 bits per heavy atom. The molecule has 0 spiro atoms. The van der Waals surface area contributed by atoms with Crippen molar-refractivity contribution in [2.24, 2.45) is 0 Å². The maximum Gasteiger partial charge on any atom is 0.260 e. The molecule has 1 atom stereocenters. The number of halogens is 2. The Morgan fingerprint density at radius 1 is 1.17 bits per heavy atom. The number of ether oxygens (including phenoxy) is 1. The van der Waals surface area contributed by atoms with Gasteiger partial charge in [0, 0.05) is 28.1 Å². The van der Waals surface area contributed by atoms with Gasteiger partial charge < -0.3 is 10.1 Å². The molecule has 6 heteroatoms. The minimum Gasteiger partial charge on any atom is -0.481 e. The number of hydrogen-bond donors (Lipinski definition) is 1. The highest BCUT2D eigenvalue weighted by Crippen LogP contribution is 2.17. The first-order valence-electron chi connectivity index (χ1n) is 7.57. The number of carbonyl (C=O) groups excluding carboxylic acids is 1. The Hall–Kier alpha value is -1.36. The highest BCUT2D eigenvalue weighted by molar-refractivity contribution is 7.98. The summed E-state index contributed by atoms with van der Waals surface area (Å²) < 4.78 is 5.58. The van der Waals surface area contributed by atoms with Crippen molar-refractivity contribution in [2.45, 2.75) is 18.8 Å². The Balaban J connectivity index is 1.64. The maximum absolute atomic E-state index is 12.0. The molecule has 128 valence electrons. The zero-order valence-electron chi connectivity index (χ0n) is 13.3. The third-order valence-corrected chi connectivity index (χ3v) is 4.72. The first-order valence-corrected chi connectivity index (χ1v) is 9.48. The molecule has 0 aliphatic carbocycles. The molecule has 0 aliphatic heterocycles. The highest BCUT2D eigenvalue weighted by atomic mass is 35.5. The van der Waals surface area contributed by atoms with Gasteiger partial charge in [-0.3, -0.25) is 4.79 Å². The second-order valence-corrected chi connectivity index (χ2v) is 7.17. The smallest absolute Gasteiger partial charge is 0.260 e. The van der Waals surface area contributed by atoms with E-state index >= 15 is 0 Å². The molecule has 0 aliphatic rings. The summed E-state index contributed by atoms with van der Waals surface area (Å²) in [6.45, 7) is 2.32. The van der Waals surface area contributed by atoms with Crippen LogP contribution in [0, 0.1) is 0 Å². The van der Waals surface area contributed by atoms with Crippen LogP contribution in [0.2, 0.25) is 10.0 Å². The van der Waals surface area contributed by atoms with Gasteiger partial charge in [0.2, 0.25) is 0 Å². The van der Waals surface area contributed by atoms with E-state index in [1.807, 2.05) is 24.3 Å². The molecule has 0 saturated heterocycles. The van der Waals surface area contributed by atoms with Crippen LogP contribution in [-0.4, -0.2) is 24.3 Å². The van der Waals surface area contributed by atoms with Crippen LogP contribution in [0.1, 0.15) is 12.5 Å². The van der Waals surface area contributed by atoms with Gasteiger partial charge in [0.25, 0.3) is 5.91 Å². The van der Waals surface area contributed by atoms with Gasteiger partial charge in [-0.2, -0.15) is 11.8 Å². The van der Waals surface area contributed by atoms with E-state index in [1.165, 1.54) is 5.56 Å². The number of benzene rings is 2. The summed E-state index contributed by atoms with van der Waals surface area (Å²) in [5.74, 6) is 2.19. The van der Waals surface area contributed by atoms with Crippen LogP contribution in [-0.2, 0) is 10.5 Å². The largest absolute Gasteiger partial charge is 0.481 e. The van der Waals surface area contributed by atoms with Gasteiger partial charge in [-0.1, -0.05) is 35.3 Å². The molecule has 0 heterocycles. The molecular formula is C18H19Cl2NO2S. The fraction of sp³-hybridized carbons (Fsp3) is 0.278. The molecule has 1 amide bonds.